The second-order valence-electron chi connectivity index (χ2n) is 5.29. The Hall–Kier alpha value is -0.930. The first-order valence-electron chi connectivity index (χ1n) is 6.67. The molecule has 0 radical (unpaired) electrons. The first-order chi connectivity index (χ1) is 8.49. The zero-order chi connectivity index (χ0) is 13.5. The summed E-state index contributed by atoms with van der Waals surface area (Å²) in [5, 5.41) is 3.42. The van der Waals surface area contributed by atoms with Gasteiger partial charge in [0.05, 0.1) is 0 Å². The van der Waals surface area contributed by atoms with E-state index in [1.165, 1.54) is 6.07 Å². The van der Waals surface area contributed by atoms with Gasteiger partial charge in [-0.1, -0.05) is 26.0 Å². The SMILES string of the molecule is CC(C)NCCC(C)N(C)Cc1cccc(F)c1. The molecule has 1 rings (SSSR count). The van der Waals surface area contributed by atoms with Gasteiger partial charge in [-0.25, -0.2) is 4.39 Å². The molecule has 1 N–H and O–H groups in total. The van der Waals surface area contributed by atoms with Crippen molar-refractivity contribution >= 4 is 0 Å². The number of nitrogens with one attached hydrogen (secondary N) is 1. The van der Waals surface area contributed by atoms with Crippen molar-refractivity contribution in [3.05, 3.63) is 35.6 Å². The van der Waals surface area contributed by atoms with Crippen molar-refractivity contribution in [2.45, 2.75) is 45.8 Å². The van der Waals surface area contributed by atoms with Crippen LogP contribution in [-0.4, -0.2) is 30.6 Å². The normalized spacial score (nSPS) is 13.3. The van der Waals surface area contributed by atoms with Crippen LogP contribution >= 0.6 is 0 Å². The van der Waals surface area contributed by atoms with Crippen LogP contribution in [0.3, 0.4) is 0 Å². The van der Waals surface area contributed by atoms with Gasteiger partial charge in [0.25, 0.3) is 0 Å². The molecule has 0 aliphatic heterocycles. The van der Waals surface area contributed by atoms with Gasteiger partial charge < -0.3 is 5.32 Å². The summed E-state index contributed by atoms with van der Waals surface area (Å²) in [6, 6.07) is 7.85. The highest BCUT2D eigenvalue weighted by atomic mass is 19.1. The Labute approximate surface area is 110 Å². The van der Waals surface area contributed by atoms with Gasteiger partial charge in [0.1, 0.15) is 5.82 Å². The van der Waals surface area contributed by atoms with E-state index >= 15 is 0 Å². The van der Waals surface area contributed by atoms with E-state index in [0.717, 1.165) is 25.1 Å². The predicted molar refractivity (Wildman–Crippen MR) is 75.1 cm³/mol. The lowest BCUT2D eigenvalue weighted by Gasteiger charge is -2.25. The van der Waals surface area contributed by atoms with Gasteiger partial charge in [-0.05, 0) is 44.6 Å². The third-order valence-corrected chi connectivity index (χ3v) is 3.19. The lowest BCUT2D eigenvalue weighted by atomic mass is 10.1. The smallest absolute Gasteiger partial charge is 0.123 e. The Kier molecular flexibility index (Phi) is 6.30. The Bertz CT molecular complexity index is 352. The standard InChI is InChI=1S/C15H25FN2/c1-12(2)17-9-8-13(3)18(4)11-14-6-5-7-15(16)10-14/h5-7,10,12-13,17H,8-9,11H2,1-4H3. The largest absolute Gasteiger partial charge is 0.314 e. The number of nitrogens with zero attached hydrogens (tertiary/aromatic N) is 1. The maximum absolute atomic E-state index is 13.1. The molecule has 0 aliphatic carbocycles. The van der Waals surface area contributed by atoms with Crippen molar-refractivity contribution in [2.24, 2.45) is 0 Å². The number of rotatable bonds is 7. The molecular formula is C15H25FN2. The third-order valence-electron chi connectivity index (χ3n) is 3.19. The summed E-state index contributed by atoms with van der Waals surface area (Å²) in [7, 11) is 2.09. The highest BCUT2D eigenvalue weighted by Gasteiger charge is 2.09. The molecule has 0 spiro atoms. The van der Waals surface area contributed by atoms with E-state index in [4.69, 9.17) is 0 Å². The molecule has 0 aromatic heterocycles. The summed E-state index contributed by atoms with van der Waals surface area (Å²) in [5.74, 6) is -0.157. The molecule has 0 fully saturated rings. The zero-order valence-corrected chi connectivity index (χ0v) is 11.9. The van der Waals surface area contributed by atoms with Crippen LogP contribution in [-0.2, 0) is 6.54 Å². The van der Waals surface area contributed by atoms with E-state index in [-0.39, 0.29) is 5.82 Å². The summed E-state index contributed by atoms with van der Waals surface area (Å²) < 4.78 is 13.1. The molecular weight excluding hydrogens is 227 g/mol. The Balaban J connectivity index is 2.37. The summed E-state index contributed by atoms with van der Waals surface area (Å²) in [5.41, 5.74) is 1.03. The average Bonchev–Trinajstić information content (AvgIpc) is 2.28. The number of hydrogen-bond acceptors (Lipinski definition) is 2. The monoisotopic (exact) mass is 252 g/mol. The van der Waals surface area contributed by atoms with Crippen molar-refractivity contribution in [3.63, 3.8) is 0 Å². The van der Waals surface area contributed by atoms with Gasteiger partial charge in [0.15, 0.2) is 0 Å². The van der Waals surface area contributed by atoms with Gasteiger partial charge >= 0.3 is 0 Å². The Morgan fingerprint density at radius 3 is 2.61 bits per heavy atom. The molecule has 1 atom stereocenters. The van der Waals surface area contributed by atoms with Gasteiger partial charge in [-0.15, -0.1) is 0 Å². The first kappa shape index (κ1) is 15.1. The Morgan fingerprint density at radius 1 is 1.28 bits per heavy atom. The first-order valence-corrected chi connectivity index (χ1v) is 6.67. The van der Waals surface area contributed by atoms with Crippen LogP contribution in [0.2, 0.25) is 0 Å². The average molecular weight is 252 g/mol. The summed E-state index contributed by atoms with van der Waals surface area (Å²) in [4.78, 5) is 2.26. The second-order valence-corrected chi connectivity index (χ2v) is 5.29. The molecule has 3 heteroatoms. The molecule has 0 heterocycles. The van der Waals surface area contributed by atoms with E-state index < -0.39 is 0 Å². The van der Waals surface area contributed by atoms with Crippen molar-refractivity contribution in [1.82, 2.24) is 10.2 Å². The van der Waals surface area contributed by atoms with E-state index in [1.54, 1.807) is 12.1 Å². The van der Waals surface area contributed by atoms with Gasteiger partial charge in [-0.3, -0.25) is 4.90 Å². The molecule has 0 saturated carbocycles. The molecule has 0 aliphatic rings. The van der Waals surface area contributed by atoms with Crippen molar-refractivity contribution < 1.29 is 4.39 Å². The number of hydrogen-bond donors (Lipinski definition) is 1. The topological polar surface area (TPSA) is 15.3 Å². The molecule has 0 amide bonds. The van der Waals surface area contributed by atoms with Crippen molar-refractivity contribution in [2.75, 3.05) is 13.6 Å². The van der Waals surface area contributed by atoms with Crippen LogP contribution in [0.15, 0.2) is 24.3 Å². The molecule has 2 nitrogen and oxygen atoms in total. The molecule has 0 saturated heterocycles. The van der Waals surface area contributed by atoms with Crippen LogP contribution in [0.4, 0.5) is 4.39 Å². The quantitative estimate of drug-likeness (QED) is 0.802. The summed E-state index contributed by atoms with van der Waals surface area (Å²) in [6.45, 7) is 8.33. The lowest BCUT2D eigenvalue weighted by Crippen LogP contribution is -2.33. The summed E-state index contributed by atoms with van der Waals surface area (Å²) in [6.07, 6.45) is 1.10. The second kappa shape index (κ2) is 7.49. The van der Waals surface area contributed by atoms with Crippen LogP contribution in [0, 0.1) is 5.82 Å². The lowest BCUT2D eigenvalue weighted by molar-refractivity contribution is 0.235. The zero-order valence-electron chi connectivity index (χ0n) is 11.9. The number of halogens is 1. The van der Waals surface area contributed by atoms with Crippen LogP contribution in [0.5, 0.6) is 0 Å². The maximum atomic E-state index is 13.1. The molecule has 18 heavy (non-hydrogen) atoms. The minimum Gasteiger partial charge on any atom is -0.314 e. The maximum Gasteiger partial charge on any atom is 0.123 e. The van der Waals surface area contributed by atoms with Gasteiger partial charge in [0.2, 0.25) is 0 Å². The fourth-order valence-corrected chi connectivity index (χ4v) is 1.88. The molecule has 1 aromatic carbocycles. The Morgan fingerprint density at radius 2 is 2.00 bits per heavy atom. The van der Waals surface area contributed by atoms with Crippen LogP contribution in [0.1, 0.15) is 32.8 Å². The highest BCUT2D eigenvalue weighted by Crippen LogP contribution is 2.09. The molecule has 102 valence electrons. The highest BCUT2D eigenvalue weighted by molar-refractivity contribution is 5.16. The third kappa shape index (κ3) is 5.61. The van der Waals surface area contributed by atoms with Crippen LogP contribution < -0.4 is 5.32 Å². The molecule has 1 aromatic rings. The fourth-order valence-electron chi connectivity index (χ4n) is 1.88. The van der Waals surface area contributed by atoms with Gasteiger partial charge in [0, 0.05) is 18.6 Å². The van der Waals surface area contributed by atoms with E-state index in [9.17, 15) is 4.39 Å². The van der Waals surface area contributed by atoms with Crippen molar-refractivity contribution in [3.8, 4) is 0 Å². The number of benzene rings is 1. The van der Waals surface area contributed by atoms with Crippen LogP contribution in [0.25, 0.3) is 0 Å². The van der Waals surface area contributed by atoms with Crippen molar-refractivity contribution in [1.29, 1.82) is 0 Å². The molecule has 0 bridgehead atoms. The fraction of sp³-hybridized carbons (Fsp3) is 0.600. The van der Waals surface area contributed by atoms with E-state index in [1.807, 2.05) is 6.07 Å². The summed E-state index contributed by atoms with van der Waals surface area (Å²) >= 11 is 0. The molecule has 1 unspecified atom stereocenters. The minimum atomic E-state index is -0.157. The van der Waals surface area contributed by atoms with E-state index in [2.05, 4.69) is 38.0 Å². The predicted octanol–water partition coefficient (Wildman–Crippen LogP) is 3.03. The minimum absolute atomic E-state index is 0.157. The van der Waals surface area contributed by atoms with E-state index in [0.29, 0.717) is 12.1 Å². The van der Waals surface area contributed by atoms with Gasteiger partial charge in [-0.2, -0.15) is 0 Å².